The van der Waals surface area contributed by atoms with Gasteiger partial charge in [-0.15, -0.1) is 0 Å². The summed E-state index contributed by atoms with van der Waals surface area (Å²) >= 11 is 6.05. The normalized spacial score (nSPS) is 12.7. The summed E-state index contributed by atoms with van der Waals surface area (Å²) in [5.74, 6) is 0. The lowest BCUT2D eigenvalue weighted by molar-refractivity contribution is 0.586. The quantitative estimate of drug-likeness (QED) is 0.931. The summed E-state index contributed by atoms with van der Waals surface area (Å²) in [5, 5.41) is 5.18. The Balaban J connectivity index is 2.25. The zero-order chi connectivity index (χ0) is 14.0. The Morgan fingerprint density at radius 2 is 2.05 bits per heavy atom. The van der Waals surface area contributed by atoms with Gasteiger partial charge in [-0.05, 0) is 50.1 Å². The molecule has 2 rings (SSSR count). The number of benzene rings is 1. The van der Waals surface area contributed by atoms with Crippen molar-refractivity contribution >= 4 is 11.6 Å². The largest absolute Gasteiger partial charge is 0.324 e. The Morgan fingerprint density at radius 1 is 1.32 bits per heavy atom. The third kappa shape index (κ3) is 3.17. The average molecular weight is 278 g/mol. The second-order valence-corrected chi connectivity index (χ2v) is 5.34. The lowest BCUT2D eigenvalue weighted by Crippen LogP contribution is -2.17. The van der Waals surface area contributed by atoms with Gasteiger partial charge in [0, 0.05) is 29.7 Å². The first-order chi connectivity index (χ1) is 9.01. The minimum Gasteiger partial charge on any atom is -0.324 e. The van der Waals surface area contributed by atoms with Gasteiger partial charge in [0.25, 0.3) is 0 Å². The van der Waals surface area contributed by atoms with Crippen LogP contribution >= 0.6 is 11.6 Å². The highest BCUT2D eigenvalue weighted by molar-refractivity contribution is 6.30. The summed E-state index contributed by atoms with van der Waals surface area (Å²) < 4.78 is 2.01. The van der Waals surface area contributed by atoms with E-state index in [4.69, 9.17) is 17.3 Å². The van der Waals surface area contributed by atoms with Crippen LogP contribution in [0.2, 0.25) is 5.02 Å². The number of aromatic nitrogens is 2. The first-order valence-corrected chi connectivity index (χ1v) is 6.94. The number of nitrogens with zero attached hydrogens (tertiary/aromatic N) is 2. The molecule has 1 unspecified atom stereocenters. The van der Waals surface area contributed by atoms with Crippen LogP contribution < -0.4 is 5.73 Å². The fourth-order valence-corrected chi connectivity index (χ4v) is 2.56. The molecule has 0 spiro atoms. The van der Waals surface area contributed by atoms with Crippen LogP contribution in [-0.2, 0) is 13.0 Å². The van der Waals surface area contributed by atoms with Gasteiger partial charge in [0.1, 0.15) is 0 Å². The molecule has 0 fully saturated rings. The monoisotopic (exact) mass is 277 g/mol. The van der Waals surface area contributed by atoms with Crippen molar-refractivity contribution in [1.29, 1.82) is 0 Å². The Kier molecular flexibility index (Phi) is 4.27. The van der Waals surface area contributed by atoms with Crippen molar-refractivity contribution in [3.8, 4) is 0 Å². The van der Waals surface area contributed by atoms with Gasteiger partial charge in [0.15, 0.2) is 0 Å². The lowest BCUT2D eigenvalue weighted by atomic mass is 9.98. The van der Waals surface area contributed by atoms with Crippen LogP contribution in [0, 0.1) is 13.8 Å². The van der Waals surface area contributed by atoms with Crippen molar-refractivity contribution in [1.82, 2.24) is 9.78 Å². The number of rotatable bonds is 4. The second-order valence-electron chi connectivity index (χ2n) is 4.90. The number of nitrogens with two attached hydrogens (primary N) is 1. The van der Waals surface area contributed by atoms with E-state index >= 15 is 0 Å². The lowest BCUT2D eigenvalue weighted by Gasteiger charge is -2.15. The van der Waals surface area contributed by atoms with E-state index in [1.165, 1.54) is 11.3 Å². The molecule has 0 saturated carbocycles. The molecule has 0 radical (unpaired) electrons. The van der Waals surface area contributed by atoms with Gasteiger partial charge in [-0.2, -0.15) is 5.10 Å². The summed E-state index contributed by atoms with van der Waals surface area (Å²) in [5.41, 5.74) is 10.8. The molecule has 0 aliphatic heterocycles. The number of hydrogen-bond donors (Lipinski definition) is 1. The summed E-state index contributed by atoms with van der Waals surface area (Å²) in [6, 6.07) is 7.91. The van der Waals surface area contributed by atoms with Crippen LogP contribution in [0.25, 0.3) is 0 Å². The molecule has 19 heavy (non-hydrogen) atoms. The Labute approximate surface area is 119 Å². The molecule has 102 valence electrons. The molecule has 1 heterocycles. The van der Waals surface area contributed by atoms with Crippen LogP contribution in [-0.4, -0.2) is 9.78 Å². The molecule has 2 N–H and O–H groups in total. The minimum absolute atomic E-state index is 0.0555. The summed E-state index contributed by atoms with van der Waals surface area (Å²) in [6.07, 6.45) is 0.774. The van der Waals surface area contributed by atoms with Crippen LogP contribution in [0.4, 0.5) is 0 Å². The van der Waals surface area contributed by atoms with Gasteiger partial charge in [0.05, 0.1) is 5.69 Å². The Morgan fingerprint density at radius 3 is 2.74 bits per heavy atom. The maximum absolute atomic E-state index is 6.33. The smallest absolute Gasteiger partial charge is 0.0596 e. The highest BCUT2D eigenvalue weighted by Gasteiger charge is 2.13. The Bertz CT molecular complexity index is 575. The van der Waals surface area contributed by atoms with E-state index in [2.05, 4.69) is 25.0 Å². The van der Waals surface area contributed by atoms with E-state index in [0.717, 1.165) is 29.2 Å². The molecule has 0 aliphatic rings. The number of hydrogen-bond acceptors (Lipinski definition) is 2. The van der Waals surface area contributed by atoms with E-state index in [0.29, 0.717) is 0 Å². The zero-order valence-corrected chi connectivity index (χ0v) is 12.4. The molecule has 0 saturated heterocycles. The molecule has 4 heteroatoms. The number of halogens is 1. The van der Waals surface area contributed by atoms with E-state index in [1.54, 1.807) is 0 Å². The van der Waals surface area contributed by atoms with E-state index in [9.17, 15) is 0 Å². The van der Waals surface area contributed by atoms with E-state index in [1.807, 2.05) is 29.8 Å². The number of aryl methyl sites for hydroxylation is 3. The van der Waals surface area contributed by atoms with Gasteiger partial charge in [0.2, 0.25) is 0 Å². The van der Waals surface area contributed by atoms with Crippen molar-refractivity contribution in [3.05, 3.63) is 51.8 Å². The van der Waals surface area contributed by atoms with Crippen LogP contribution in [0.5, 0.6) is 0 Å². The third-order valence-electron chi connectivity index (χ3n) is 3.35. The topological polar surface area (TPSA) is 43.8 Å². The Hall–Kier alpha value is -1.32. The maximum Gasteiger partial charge on any atom is 0.0596 e. The average Bonchev–Trinajstić information content (AvgIpc) is 2.72. The molecule has 0 amide bonds. The molecule has 2 aromatic rings. The zero-order valence-electron chi connectivity index (χ0n) is 11.7. The van der Waals surface area contributed by atoms with Gasteiger partial charge < -0.3 is 5.73 Å². The van der Waals surface area contributed by atoms with Crippen LogP contribution in [0.1, 0.15) is 35.5 Å². The standard InChI is InChI=1S/C15H20ClN3/c1-4-19-13(7-11(3)18-19)9-15(17)14-8-12(16)6-5-10(14)2/h5-8,15H,4,9,17H2,1-3H3. The SMILES string of the molecule is CCn1nc(C)cc1CC(N)c1cc(Cl)ccc1C. The van der Waals surface area contributed by atoms with Crippen molar-refractivity contribution in [2.24, 2.45) is 5.73 Å². The van der Waals surface area contributed by atoms with E-state index in [-0.39, 0.29) is 6.04 Å². The van der Waals surface area contributed by atoms with Crippen LogP contribution in [0.3, 0.4) is 0 Å². The maximum atomic E-state index is 6.33. The molecule has 1 atom stereocenters. The van der Waals surface area contributed by atoms with Gasteiger partial charge >= 0.3 is 0 Å². The summed E-state index contributed by atoms with van der Waals surface area (Å²) in [6.45, 7) is 7.02. The predicted octanol–water partition coefficient (Wildman–Crippen LogP) is 3.42. The molecule has 0 aliphatic carbocycles. The van der Waals surface area contributed by atoms with Gasteiger partial charge in [-0.25, -0.2) is 0 Å². The van der Waals surface area contributed by atoms with Crippen molar-refractivity contribution in [2.45, 2.75) is 39.8 Å². The van der Waals surface area contributed by atoms with Crippen molar-refractivity contribution < 1.29 is 0 Å². The van der Waals surface area contributed by atoms with Gasteiger partial charge in [-0.1, -0.05) is 17.7 Å². The molecule has 1 aromatic heterocycles. The first-order valence-electron chi connectivity index (χ1n) is 6.56. The van der Waals surface area contributed by atoms with Crippen molar-refractivity contribution in [2.75, 3.05) is 0 Å². The van der Waals surface area contributed by atoms with E-state index < -0.39 is 0 Å². The molecule has 0 bridgehead atoms. The summed E-state index contributed by atoms with van der Waals surface area (Å²) in [7, 11) is 0. The molecular weight excluding hydrogens is 258 g/mol. The fraction of sp³-hybridized carbons (Fsp3) is 0.400. The first kappa shape index (κ1) is 14.1. The highest BCUT2D eigenvalue weighted by Crippen LogP contribution is 2.23. The fourth-order valence-electron chi connectivity index (χ4n) is 2.38. The third-order valence-corrected chi connectivity index (χ3v) is 3.59. The molecule has 1 aromatic carbocycles. The minimum atomic E-state index is -0.0555. The highest BCUT2D eigenvalue weighted by atomic mass is 35.5. The second kappa shape index (κ2) is 5.76. The molecular formula is C15H20ClN3. The summed E-state index contributed by atoms with van der Waals surface area (Å²) in [4.78, 5) is 0. The predicted molar refractivity (Wildman–Crippen MR) is 79.5 cm³/mol. The molecule has 3 nitrogen and oxygen atoms in total. The van der Waals surface area contributed by atoms with Crippen molar-refractivity contribution in [3.63, 3.8) is 0 Å². The van der Waals surface area contributed by atoms with Gasteiger partial charge in [-0.3, -0.25) is 4.68 Å². The van der Waals surface area contributed by atoms with Crippen LogP contribution in [0.15, 0.2) is 24.3 Å².